The summed E-state index contributed by atoms with van der Waals surface area (Å²) in [6.07, 6.45) is 0.944. The number of likely N-dealkylation sites (tertiary alicyclic amines) is 1. The van der Waals surface area contributed by atoms with Crippen LogP contribution >= 0.6 is 23.2 Å². The van der Waals surface area contributed by atoms with Crippen LogP contribution in [-0.2, 0) is 9.59 Å². The molecule has 33 heavy (non-hydrogen) atoms. The number of piperidine rings is 1. The second kappa shape index (κ2) is 9.61. The summed E-state index contributed by atoms with van der Waals surface area (Å²) in [5.74, 6) is -0.387. The molecule has 1 N–H and O–H groups in total. The fourth-order valence-corrected chi connectivity index (χ4v) is 4.94. The minimum absolute atomic E-state index is 0.0175. The molecular weight excluding hydrogens is 463 g/mol. The van der Waals surface area contributed by atoms with Crippen molar-refractivity contribution in [2.24, 2.45) is 0 Å². The number of nitrogens with one attached hydrogen (secondary N) is 1. The van der Waals surface area contributed by atoms with Gasteiger partial charge >= 0.3 is 0 Å². The lowest BCUT2D eigenvalue weighted by Gasteiger charge is -2.43. The smallest absolute Gasteiger partial charge is 0.253 e. The van der Waals surface area contributed by atoms with Crippen LogP contribution in [0.3, 0.4) is 0 Å². The predicted molar refractivity (Wildman–Crippen MR) is 129 cm³/mol. The van der Waals surface area contributed by atoms with Crippen LogP contribution in [0.1, 0.15) is 30.1 Å². The van der Waals surface area contributed by atoms with E-state index in [9.17, 15) is 14.4 Å². The highest BCUT2D eigenvalue weighted by Gasteiger charge is 2.54. The molecule has 2 aliphatic heterocycles. The van der Waals surface area contributed by atoms with Gasteiger partial charge in [-0.05, 0) is 50.1 Å². The van der Waals surface area contributed by atoms with Gasteiger partial charge in [0.05, 0.1) is 16.7 Å². The molecule has 9 heteroatoms. The Morgan fingerprint density at radius 1 is 1.03 bits per heavy atom. The van der Waals surface area contributed by atoms with Gasteiger partial charge in [-0.2, -0.15) is 0 Å². The number of hydrogen-bond acceptors (Lipinski definition) is 4. The molecule has 0 unspecified atom stereocenters. The van der Waals surface area contributed by atoms with Gasteiger partial charge in [0.1, 0.15) is 12.1 Å². The number of benzene rings is 2. The molecular formula is C24H26Cl2N4O3. The van der Waals surface area contributed by atoms with Crippen LogP contribution in [0.5, 0.6) is 0 Å². The SMILES string of the molecule is CCNC(=O)CN1CN(c2ccccc2)C2(CCN(C(=O)c3ccc(Cl)c(Cl)c3)CC2)C1=O. The zero-order valence-corrected chi connectivity index (χ0v) is 19.9. The highest BCUT2D eigenvalue weighted by molar-refractivity contribution is 6.42. The predicted octanol–water partition coefficient (Wildman–Crippen LogP) is 3.41. The molecule has 2 aromatic carbocycles. The molecule has 174 valence electrons. The third-order valence-electron chi connectivity index (χ3n) is 6.33. The van der Waals surface area contributed by atoms with Gasteiger partial charge in [-0.15, -0.1) is 0 Å². The molecule has 3 amide bonds. The Hall–Kier alpha value is -2.77. The minimum Gasteiger partial charge on any atom is -0.355 e. The molecule has 1 spiro atoms. The van der Waals surface area contributed by atoms with E-state index < -0.39 is 5.54 Å². The quantitative estimate of drug-likeness (QED) is 0.699. The number of halogens is 2. The Balaban J connectivity index is 1.55. The molecule has 4 rings (SSSR count). The number of nitrogens with zero attached hydrogens (tertiary/aromatic N) is 3. The normalized spacial score (nSPS) is 17.5. The summed E-state index contributed by atoms with van der Waals surface area (Å²) in [4.78, 5) is 44.3. The average Bonchev–Trinajstić information content (AvgIpc) is 3.07. The summed E-state index contributed by atoms with van der Waals surface area (Å²) in [5, 5.41) is 3.49. The molecule has 2 aliphatic rings. The maximum atomic E-state index is 13.6. The monoisotopic (exact) mass is 488 g/mol. The minimum atomic E-state index is -0.789. The van der Waals surface area contributed by atoms with Crippen molar-refractivity contribution in [2.75, 3.05) is 37.7 Å². The zero-order valence-electron chi connectivity index (χ0n) is 18.4. The first kappa shape index (κ1) is 23.4. The molecule has 2 saturated heterocycles. The molecule has 2 fully saturated rings. The van der Waals surface area contributed by atoms with Crippen LogP contribution in [0.2, 0.25) is 10.0 Å². The summed E-state index contributed by atoms with van der Waals surface area (Å²) in [6.45, 7) is 3.55. The van der Waals surface area contributed by atoms with Crippen molar-refractivity contribution < 1.29 is 14.4 Å². The average molecular weight is 489 g/mol. The van der Waals surface area contributed by atoms with Gasteiger partial charge < -0.3 is 20.0 Å². The molecule has 0 aliphatic carbocycles. The Labute approximate surface area is 203 Å². The third-order valence-corrected chi connectivity index (χ3v) is 7.07. The van der Waals surface area contributed by atoms with E-state index in [2.05, 4.69) is 10.2 Å². The van der Waals surface area contributed by atoms with Crippen LogP contribution in [-0.4, -0.2) is 65.9 Å². The Bertz CT molecular complexity index is 1050. The van der Waals surface area contributed by atoms with Gasteiger partial charge in [0, 0.05) is 30.9 Å². The molecule has 7 nitrogen and oxygen atoms in total. The summed E-state index contributed by atoms with van der Waals surface area (Å²) < 4.78 is 0. The van der Waals surface area contributed by atoms with E-state index in [4.69, 9.17) is 23.2 Å². The highest BCUT2D eigenvalue weighted by atomic mass is 35.5. The van der Waals surface area contributed by atoms with E-state index in [1.807, 2.05) is 37.3 Å². The number of para-hydroxylation sites is 1. The van der Waals surface area contributed by atoms with E-state index in [0.717, 1.165) is 5.69 Å². The van der Waals surface area contributed by atoms with Crippen molar-refractivity contribution in [1.29, 1.82) is 0 Å². The maximum absolute atomic E-state index is 13.6. The van der Waals surface area contributed by atoms with Crippen molar-refractivity contribution in [3.8, 4) is 0 Å². The van der Waals surface area contributed by atoms with Crippen LogP contribution < -0.4 is 10.2 Å². The van der Waals surface area contributed by atoms with Gasteiger partial charge in [-0.3, -0.25) is 14.4 Å². The van der Waals surface area contributed by atoms with Crippen LogP contribution in [0.25, 0.3) is 0 Å². The second-order valence-corrected chi connectivity index (χ2v) is 9.13. The van der Waals surface area contributed by atoms with E-state index in [1.165, 1.54) is 0 Å². The summed E-state index contributed by atoms with van der Waals surface area (Å²) in [7, 11) is 0. The molecule has 0 radical (unpaired) electrons. The molecule has 0 atom stereocenters. The van der Waals surface area contributed by atoms with E-state index in [1.54, 1.807) is 28.0 Å². The van der Waals surface area contributed by atoms with Crippen molar-refractivity contribution in [3.63, 3.8) is 0 Å². The standard InChI is InChI=1S/C24H26Cl2N4O3/c1-2-27-21(31)15-29-16-30(18-6-4-3-5-7-18)24(23(29)33)10-12-28(13-11-24)22(32)17-8-9-19(25)20(26)14-17/h3-9,14H,2,10-13,15-16H2,1H3,(H,27,31). The first-order valence-corrected chi connectivity index (χ1v) is 11.7. The lowest BCUT2D eigenvalue weighted by atomic mass is 9.85. The number of likely N-dealkylation sites (N-methyl/N-ethyl adjacent to an activating group) is 1. The van der Waals surface area contributed by atoms with Crippen LogP contribution in [0.4, 0.5) is 5.69 Å². The molecule has 2 heterocycles. The number of hydrogen-bond donors (Lipinski definition) is 1. The van der Waals surface area contributed by atoms with E-state index in [0.29, 0.717) is 54.8 Å². The summed E-state index contributed by atoms with van der Waals surface area (Å²) in [5.41, 5.74) is 0.604. The topological polar surface area (TPSA) is 73.0 Å². The number of rotatable bonds is 5. The van der Waals surface area contributed by atoms with Gasteiger partial charge in [0.2, 0.25) is 5.91 Å². The summed E-state index contributed by atoms with van der Waals surface area (Å²) >= 11 is 12.1. The van der Waals surface area contributed by atoms with Gasteiger partial charge in [0.25, 0.3) is 11.8 Å². The third kappa shape index (κ3) is 4.52. The molecule has 0 bridgehead atoms. The van der Waals surface area contributed by atoms with Crippen molar-refractivity contribution in [1.82, 2.24) is 15.1 Å². The number of amides is 3. The lowest BCUT2D eigenvalue weighted by Crippen LogP contribution is -2.57. The molecule has 2 aromatic rings. The number of anilines is 1. The molecule has 0 saturated carbocycles. The fourth-order valence-electron chi connectivity index (χ4n) is 4.64. The summed E-state index contributed by atoms with van der Waals surface area (Å²) in [6, 6.07) is 14.6. The first-order chi connectivity index (χ1) is 15.9. The Morgan fingerprint density at radius 2 is 1.73 bits per heavy atom. The lowest BCUT2D eigenvalue weighted by molar-refractivity contribution is -0.137. The zero-order chi connectivity index (χ0) is 23.6. The van der Waals surface area contributed by atoms with Gasteiger partial charge in [-0.1, -0.05) is 41.4 Å². The Kier molecular flexibility index (Phi) is 6.81. The number of carbonyl (C=O) groups excluding carboxylic acids is 3. The highest BCUT2D eigenvalue weighted by Crippen LogP contribution is 2.39. The van der Waals surface area contributed by atoms with Crippen LogP contribution in [0.15, 0.2) is 48.5 Å². The van der Waals surface area contributed by atoms with Crippen LogP contribution in [0, 0.1) is 0 Å². The van der Waals surface area contributed by atoms with Gasteiger partial charge in [0.15, 0.2) is 0 Å². The van der Waals surface area contributed by atoms with Crippen molar-refractivity contribution in [2.45, 2.75) is 25.3 Å². The fraction of sp³-hybridized carbons (Fsp3) is 0.375. The second-order valence-electron chi connectivity index (χ2n) is 8.31. The van der Waals surface area contributed by atoms with Gasteiger partial charge in [-0.25, -0.2) is 0 Å². The first-order valence-electron chi connectivity index (χ1n) is 11.0. The van der Waals surface area contributed by atoms with E-state index >= 15 is 0 Å². The maximum Gasteiger partial charge on any atom is 0.253 e. The largest absolute Gasteiger partial charge is 0.355 e. The van der Waals surface area contributed by atoms with Crippen molar-refractivity contribution in [3.05, 3.63) is 64.1 Å². The van der Waals surface area contributed by atoms with Crippen molar-refractivity contribution >= 4 is 46.6 Å². The van der Waals surface area contributed by atoms with E-state index in [-0.39, 0.29) is 24.3 Å². The number of carbonyl (C=O) groups is 3. The Morgan fingerprint density at radius 3 is 2.36 bits per heavy atom. The molecule has 0 aromatic heterocycles.